The Morgan fingerprint density at radius 2 is 1.61 bits per heavy atom. The summed E-state index contributed by atoms with van der Waals surface area (Å²) in [5.74, 6) is 0.763. The number of hydrogen-bond donors (Lipinski definition) is 2. The fourth-order valence-corrected chi connectivity index (χ4v) is 4.50. The molecule has 0 heterocycles. The molecule has 6 heteroatoms. The van der Waals surface area contributed by atoms with Crippen LogP contribution < -0.4 is 20.3 Å². The van der Waals surface area contributed by atoms with E-state index in [4.69, 9.17) is 4.74 Å². The minimum absolute atomic E-state index is 0.0837. The van der Waals surface area contributed by atoms with E-state index in [2.05, 4.69) is 72.3 Å². The molecule has 0 aliphatic heterocycles. The molecule has 3 aromatic carbocycles. The third-order valence-electron chi connectivity index (χ3n) is 6.64. The van der Waals surface area contributed by atoms with Crippen LogP contribution in [0.4, 0.5) is 5.69 Å². The van der Waals surface area contributed by atoms with Crippen molar-refractivity contribution in [1.82, 2.24) is 15.5 Å². The van der Waals surface area contributed by atoms with Gasteiger partial charge in [0.25, 0.3) is 5.91 Å². The van der Waals surface area contributed by atoms with Gasteiger partial charge in [-0.2, -0.15) is 0 Å². The van der Waals surface area contributed by atoms with Crippen molar-refractivity contribution in [2.24, 2.45) is 0 Å². The van der Waals surface area contributed by atoms with Gasteiger partial charge in [-0.05, 0) is 72.5 Å². The maximum Gasteiger partial charge on any atom is 0.251 e. The molecule has 0 bridgehead atoms. The SMILES string of the molecule is C=CN(/C=C\C)c1ccc(CNCc2ccc(C(=O)NC)cc2)cc1/C(=C/N(C)Cc1ccc(OC)cc1)C(=C)C. The van der Waals surface area contributed by atoms with Gasteiger partial charge in [-0.1, -0.05) is 49.6 Å². The topological polar surface area (TPSA) is 56.8 Å². The van der Waals surface area contributed by atoms with Crippen LogP contribution in [-0.4, -0.2) is 32.0 Å². The predicted molar refractivity (Wildman–Crippen MR) is 172 cm³/mol. The number of anilines is 1. The summed E-state index contributed by atoms with van der Waals surface area (Å²) in [6.45, 7) is 14.5. The summed E-state index contributed by atoms with van der Waals surface area (Å²) in [6.07, 6.45) is 7.98. The molecule has 41 heavy (non-hydrogen) atoms. The lowest BCUT2D eigenvalue weighted by Gasteiger charge is -2.24. The number of ether oxygens (including phenoxy) is 1. The van der Waals surface area contributed by atoms with Gasteiger partial charge in [-0.3, -0.25) is 4.79 Å². The fraction of sp³-hybridized carbons (Fsp3) is 0.229. The van der Waals surface area contributed by atoms with Gasteiger partial charge < -0.3 is 25.2 Å². The van der Waals surface area contributed by atoms with Crippen LogP contribution in [0, 0.1) is 0 Å². The summed E-state index contributed by atoms with van der Waals surface area (Å²) < 4.78 is 5.30. The number of hydrogen-bond acceptors (Lipinski definition) is 5. The number of carbonyl (C=O) groups excluding carboxylic acids is 1. The summed E-state index contributed by atoms with van der Waals surface area (Å²) in [7, 11) is 5.39. The second-order valence-electron chi connectivity index (χ2n) is 9.89. The van der Waals surface area contributed by atoms with Crippen molar-refractivity contribution >= 4 is 17.2 Å². The van der Waals surface area contributed by atoms with Gasteiger partial charge in [0.1, 0.15) is 5.75 Å². The molecular formula is C35H42N4O2. The molecule has 214 valence electrons. The second-order valence-corrected chi connectivity index (χ2v) is 9.89. The minimum atomic E-state index is -0.0837. The van der Waals surface area contributed by atoms with Gasteiger partial charge >= 0.3 is 0 Å². The Bertz CT molecular complexity index is 1390. The number of allylic oxidation sites excluding steroid dienone is 3. The molecule has 0 saturated heterocycles. The molecule has 2 N–H and O–H groups in total. The molecule has 6 nitrogen and oxygen atoms in total. The minimum Gasteiger partial charge on any atom is -0.497 e. The first-order chi connectivity index (χ1) is 19.8. The summed E-state index contributed by atoms with van der Waals surface area (Å²) in [5.41, 5.74) is 8.24. The molecule has 0 unspecified atom stereocenters. The molecule has 0 saturated carbocycles. The number of amides is 1. The van der Waals surface area contributed by atoms with E-state index in [1.54, 1.807) is 14.2 Å². The summed E-state index contributed by atoms with van der Waals surface area (Å²) >= 11 is 0. The van der Waals surface area contributed by atoms with Gasteiger partial charge in [0, 0.05) is 69.0 Å². The van der Waals surface area contributed by atoms with Gasteiger partial charge in [0.15, 0.2) is 0 Å². The maximum atomic E-state index is 11.8. The Morgan fingerprint density at radius 1 is 0.976 bits per heavy atom. The van der Waals surface area contributed by atoms with Crippen molar-refractivity contribution in [2.45, 2.75) is 33.5 Å². The zero-order valence-corrected chi connectivity index (χ0v) is 24.9. The summed E-state index contributed by atoms with van der Waals surface area (Å²) in [4.78, 5) is 16.0. The Morgan fingerprint density at radius 3 is 2.20 bits per heavy atom. The maximum absolute atomic E-state index is 11.8. The van der Waals surface area contributed by atoms with Crippen LogP contribution in [0.15, 0.2) is 110 Å². The molecule has 0 atom stereocenters. The monoisotopic (exact) mass is 550 g/mol. The number of benzene rings is 3. The molecule has 1 amide bonds. The normalized spacial score (nSPS) is 11.3. The lowest BCUT2D eigenvalue weighted by atomic mass is 9.96. The van der Waals surface area contributed by atoms with E-state index in [1.807, 2.05) is 73.6 Å². The quantitative estimate of drug-likeness (QED) is 0.214. The average Bonchev–Trinajstić information content (AvgIpc) is 2.99. The fourth-order valence-electron chi connectivity index (χ4n) is 4.50. The summed E-state index contributed by atoms with van der Waals surface area (Å²) in [6, 6.07) is 22.3. The van der Waals surface area contributed by atoms with Gasteiger partial charge in [0.2, 0.25) is 0 Å². The molecule has 0 radical (unpaired) electrons. The standard InChI is InChI=1S/C35H42N4O2/c1-8-20-39(9-2)34-19-14-29(23-37-22-27-10-15-30(16-11-27)35(40)36-5)21-32(34)33(26(3)4)25-38(6)24-28-12-17-31(41-7)18-13-28/h8-21,25,37H,2-3,22-24H2,1,4-7H3,(H,36,40)/b20-8-,33-25+. The highest BCUT2D eigenvalue weighted by molar-refractivity contribution is 5.94. The van der Waals surface area contributed by atoms with Crippen LogP contribution in [0.25, 0.3) is 5.57 Å². The Hall–Kier alpha value is -4.55. The largest absolute Gasteiger partial charge is 0.497 e. The highest BCUT2D eigenvalue weighted by Gasteiger charge is 2.15. The number of carbonyl (C=O) groups is 1. The van der Waals surface area contributed by atoms with E-state index in [-0.39, 0.29) is 5.91 Å². The average molecular weight is 551 g/mol. The Kier molecular flexibility index (Phi) is 11.6. The van der Waals surface area contributed by atoms with Crippen molar-refractivity contribution in [1.29, 1.82) is 0 Å². The van der Waals surface area contributed by atoms with E-state index in [1.165, 1.54) is 5.56 Å². The zero-order chi connectivity index (χ0) is 29.8. The van der Waals surface area contributed by atoms with Crippen molar-refractivity contribution in [3.05, 3.63) is 138 Å². The third kappa shape index (κ3) is 8.72. The molecule has 0 aliphatic carbocycles. The van der Waals surface area contributed by atoms with Crippen LogP contribution in [-0.2, 0) is 19.6 Å². The van der Waals surface area contributed by atoms with Crippen LogP contribution in [0.1, 0.15) is 46.5 Å². The molecule has 0 spiro atoms. The van der Waals surface area contributed by atoms with Gasteiger partial charge in [-0.15, -0.1) is 0 Å². The molecule has 0 aromatic heterocycles. The number of nitrogens with zero attached hydrogens (tertiary/aromatic N) is 2. The van der Waals surface area contributed by atoms with Crippen LogP contribution >= 0.6 is 0 Å². The van der Waals surface area contributed by atoms with Crippen molar-refractivity contribution in [2.75, 3.05) is 26.1 Å². The van der Waals surface area contributed by atoms with E-state index in [0.717, 1.165) is 45.8 Å². The number of rotatable bonds is 14. The molecule has 3 aromatic rings. The van der Waals surface area contributed by atoms with Crippen LogP contribution in [0.2, 0.25) is 0 Å². The number of methoxy groups -OCH3 is 1. The molecular weight excluding hydrogens is 508 g/mol. The summed E-state index contributed by atoms with van der Waals surface area (Å²) in [5, 5.41) is 6.19. The highest BCUT2D eigenvalue weighted by atomic mass is 16.5. The first-order valence-corrected chi connectivity index (χ1v) is 13.7. The molecule has 0 aliphatic rings. The van der Waals surface area contributed by atoms with Crippen molar-refractivity contribution in [3.8, 4) is 5.75 Å². The van der Waals surface area contributed by atoms with E-state index < -0.39 is 0 Å². The van der Waals surface area contributed by atoms with E-state index in [0.29, 0.717) is 18.7 Å². The van der Waals surface area contributed by atoms with Gasteiger partial charge in [0.05, 0.1) is 12.8 Å². The Balaban J connectivity index is 1.87. The first-order valence-electron chi connectivity index (χ1n) is 13.7. The zero-order valence-electron chi connectivity index (χ0n) is 24.9. The van der Waals surface area contributed by atoms with Crippen molar-refractivity contribution < 1.29 is 9.53 Å². The Labute approximate surface area is 245 Å². The van der Waals surface area contributed by atoms with E-state index >= 15 is 0 Å². The van der Waals surface area contributed by atoms with Crippen LogP contribution in [0.5, 0.6) is 5.75 Å². The van der Waals surface area contributed by atoms with Crippen molar-refractivity contribution in [3.63, 3.8) is 0 Å². The smallest absolute Gasteiger partial charge is 0.251 e. The molecule has 0 fully saturated rings. The number of nitrogens with one attached hydrogen (secondary N) is 2. The first kappa shape index (κ1) is 31.0. The van der Waals surface area contributed by atoms with E-state index in [9.17, 15) is 4.79 Å². The lowest BCUT2D eigenvalue weighted by Crippen LogP contribution is -2.18. The highest BCUT2D eigenvalue weighted by Crippen LogP contribution is 2.33. The predicted octanol–water partition coefficient (Wildman–Crippen LogP) is 6.88. The second kappa shape index (κ2) is 15.3. The lowest BCUT2D eigenvalue weighted by molar-refractivity contribution is 0.0963. The third-order valence-corrected chi connectivity index (χ3v) is 6.64. The molecule has 3 rings (SSSR count). The van der Waals surface area contributed by atoms with Crippen LogP contribution in [0.3, 0.4) is 0 Å². The van der Waals surface area contributed by atoms with Gasteiger partial charge in [-0.25, -0.2) is 0 Å².